The maximum atomic E-state index is 11.3. The Morgan fingerprint density at radius 1 is 1.67 bits per heavy atom. The van der Waals surface area contributed by atoms with Gasteiger partial charge in [0.15, 0.2) is 0 Å². The fourth-order valence-corrected chi connectivity index (χ4v) is 1.74. The summed E-state index contributed by atoms with van der Waals surface area (Å²) in [5.74, 6) is -0.221. The first-order chi connectivity index (χ1) is 7.13. The molecule has 0 spiro atoms. The Morgan fingerprint density at radius 2 is 2.40 bits per heavy atom. The number of carbonyl (C=O) groups is 1. The molecule has 0 amide bonds. The highest BCUT2D eigenvalue weighted by atomic mass is 32.2. The van der Waals surface area contributed by atoms with Crippen LogP contribution < -0.4 is 5.73 Å². The number of pyridine rings is 1. The van der Waals surface area contributed by atoms with Crippen molar-refractivity contribution in [1.82, 2.24) is 4.98 Å². The quantitative estimate of drug-likeness (QED) is 0.625. The SMILES string of the molecule is CCOC(=O)C(C)Sc1ccc(N)cn1. The van der Waals surface area contributed by atoms with E-state index in [1.54, 1.807) is 32.2 Å². The lowest BCUT2D eigenvalue weighted by Crippen LogP contribution is -2.16. The number of esters is 1. The van der Waals surface area contributed by atoms with Crippen LogP contribution in [0.3, 0.4) is 0 Å². The van der Waals surface area contributed by atoms with E-state index in [1.165, 1.54) is 11.8 Å². The summed E-state index contributed by atoms with van der Waals surface area (Å²) in [4.78, 5) is 15.4. The van der Waals surface area contributed by atoms with Crippen molar-refractivity contribution in [3.8, 4) is 0 Å². The highest BCUT2D eigenvalue weighted by Crippen LogP contribution is 2.22. The van der Waals surface area contributed by atoms with Gasteiger partial charge in [0.05, 0.1) is 23.5 Å². The van der Waals surface area contributed by atoms with Gasteiger partial charge in [-0.15, -0.1) is 0 Å². The summed E-state index contributed by atoms with van der Waals surface area (Å²) in [6.45, 7) is 3.98. The molecule has 5 heteroatoms. The highest BCUT2D eigenvalue weighted by Gasteiger charge is 2.15. The van der Waals surface area contributed by atoms with Crippen LogP contribution in [0.2, 0.25) is 0 Å². The largest absolute Gasteiger partial charge is 0.465 e. The Kier molecular flexibility index (Phi) is 4.42. The predicted octanol–water partition coefficient (Wildman–Crippen LogP) is 1.71. The summed E-state index contributed by atoms with van der Waals surface area (Å²) in [6.07, 6.45) is 1.57. The molecule has 1 unspecified atom stereocenters. The number of nitrogens with two attached hydrogens (primary N) is 1. The van der Waals surface area contributed by atoms with Gasteiger partial charge in [-0.3, -0.25) is 4.79 Å². The van der Waals surface area contributed by atoms with E-state index in [0.29, 0.717) is 12.3 Å². The number of nitrogen functional groups attached to an aromatic ring is 1. The lowest BCUT2D eigenvalue weighted by Gasteiger charge is -2.09. The van der Waals surface area contributed by atoms with Gasteiger partial charge in [-0.2, -0.15) is 0 Å². The number of carbonyl (C=O) groups excluding carboxylic acids is 1. The van der Waals surface area contributed by atoms with Crippen LogP contribution in [-0.2, 0) is 9.53 Å². The molecule has 82 valence electrons. The zero-order chi connectivity index (χ0) is 11.3. The third-order valence-corrected chi connectivity index (χ3v) is 2.70. The molecule has 0 radical (unpaired) electrons. The van der Waals surface area contributed by atoms with Gasteiger partial charge in [0.1, 0.15) is 5.25 Å². The molecular formula is C10H14N2O2S. The molecule has 1 heterocycles. The Labute approximate surface area is 93.2 Å². The first-order valence-corrected chi connectivity index (χ1v) is 5.56. The van der Waals surface area contributed by atoms with Gasteiger partial charge in [-0.1, -0.05) is 11.8 Å². The second-order valence-corrected chi connectivity index (χ2v) is 4.30. The normalized spacial score (nSPS) is 12.1. The van der Waals surface area contributed by atoms with Crippen molar-refractivity contribution in [2.45, 2.75) is 24.1 Å². The van der Waals surface area contributed by atoms with Crippen molar-refractivity contribution in [2.75, 3.05) is 12.3 Å². The van der Waals surface area contributed by atoms with Crippen LogP contribution in [0, 0.1) is 0 Å². The van der Waals surface area contributed by atoms with Crippen molar-refractivity contribution in [3.05, 3.63) is 18.3 Å². The third kappa shape index (κ3) is 3.79. The van der Waals surface area contributed by atoms with Gasteiger partial charge in [0, 0.05) is 0 Å². The standard InChI is InChI=1S/C10H14N2O2S/c1-3-14-10(13)7(2)15-9-5-4-8(11)6-12-9/h4-7H,3,11H2,1-2H3. The van der Waals surface area contributed by atoms with Gasteiger partial charge in [0.2, 0.25) is 0 Å². The van der Waals surface area contributed by atoms with E-state index in [-0.39, 0.29) is 11.2 Å². The molecule has 0 fully saturated rings. The van der Waals surface area contributed by atoms with Crippen LogP contribution in [0.25, 0.3) is 0 Å². The summed E-state index contributed by atoms with van der Waals surface area (Å²) in [5, 5.41) is 0.519. The minimum atomic E-state index is -0.249. The number of aromatic nitrogens is 1. The van der Waals surface area contributed by atoms with Gasteiger partial charge < -0.3 is 10.5 Å². The van der Waals surface area contributed by atoms with Crippen LogP contribution in [0.1, 0.15) is 13.8 Å². The average Bonchev–Trinajstić information content (AvgIpc) is 2.22. The topological polar surface area (TPSA) is 65.2 Å². The fraction of sp³-hybridized carbons (Fsp3) is 0.400. The smallest absolute Gasteiger partial charge is 0.319 e. The number of hydrogen-bond acceptors (Lipinski definition) is 5. The zero-order valence-electron chi connectivity index (χ0n) is 8.77. The van der Waals surface area contributed by atoms with Crippen molar-refractivity contribution in [3.63, 3.8) is 0 Å². The van der Waals surface area contributed by atoms with Gasteiger partial charge in [-0.25, -0.2) is 4.98 Å². The van der Waals surface area contributed by atoms with Crippen LogP contribution in [-0.4, -0.2) is 22.8 Å². The lowest BCUT2D eigenvalue weighted by molar-refractivity contribution is -0.142. The number of nitrogens with zero attached hydrogens (tertiary/aromatic N) is 1. The summed E-state index contributed by atoms with van der Waals surface area (Å²) in [5.41, 5.74) is 6.12. The molecule has 0 bridgehead atoms. The van der Waals surface area contributed by atoms with E-state index in [2.05, 4.69) is 4.98 Å². The molecule has 0 aliphatic carbocycles. The summed E-state index contributed by atoms with van der Waals surface area (Å²) < 4.78 is 4.89. The maximum Gasteiger partial charge on any atom is 0.319 e. The van der Waals surface area contributed by atoms with Gasteiger partial charge >= 0.3 is 5.97 Å². The molecule has 1 aromatic heterocycles. The number of anilines is 1. The molecular weight excluding hydrogens is 212 g/mol. The number of hydrogen-bond donors (Lipinski definition) is 1. The first kappa shape index (κ1) is 11.8. The minimum Gasteiger partial charge on any atom is -0.465 e. The molecule has 1 rings (SSSR count). The number of rotatable bonds is 4. The van der Waals surface area contributed by atoms with Crippen LogP contribution >= 0.6 is 11.8 Å². The lowest BCUT2D eigenvalue weighted by atomic mass is 10.4. The predicted molar refractivity (Wildman–Crippen MR) is 60.6 cm³/mol. The Morgan fingerprint density at radius 3 is 2.93 bits per heavy atom. The highest BCUT2D eigenvalue weighted by molar-refractivity contribution is 8.00. The molecule has 0 saturated carbocycles. The Bertz CT molecular complexity index is 327. The summed E-state index contributed by atoms with van der Waals surface area (Å²) >= 11 is 1.36. The molecule has 4 nitrogen and oxygen atoms in total. The van der Waals surface area contributed by atoms with Gasteiger partial charge in [-0.05, 0) is 26.0 Å². The average molecular weight is 226 g/mol. The van der Waals surface area contributed by atoms with Crippen LogP contribution in [0.15, 0.2) is 23.4 Å². The van der Waals surface area contributed by atoms with Crippen molar-refractivity contribution in [1.29, 1.82) is 0 Å². The summed E-state index contributed by atoms with van der Waals surface area (Å²) in [7, 11) is 0. The number of ether oxygens (including phenoxy) is 1. The van der Waals surface area contributed by atoms with Crippen LogP contribution in [0.4, 0.5) is 5.69 Å². The minimum absolute atomic E-state index is 0.221. The van der Waals surface area contributed by atoms with Crippen molar-refractivity contribution < 1.29 is 9.53 Å². The second kappa shape index (κ2) is 5.60. The molecule has 0 aromatic carbocycles. The molecule has 1 atom stereocenters. The Hall–Kier alpha value is -1.23. The van der Waals surface area contributed by atoms with E-state index in [1.807, 2.05) is 0 Å². The molecule has 1 aromatic rings. The zero-order valence-corrected chi connectivity index (χ0v) is 9.58. The number of thioether (sulfide) groups is 1. The maximum absolute atomic E-state index is 11.3. The van der Waals surface area contributed by atoms with Crippen molar-refractivity contribution >= 4 is 23.4 Å². The first-order valence-electron chi connectivity index (χ1n) is 4.68. The van der Waals surface area contributed by atoms with Crippen LogP contribution in [0.5, 0.6) is 0 Å². The molecule has 0 saturated heterocycles. The van der Waals surface area contributed by atoms with E-state index in [9.17, 15) is 4.79 Å². The van der Waals surface area contributed by atoms with E-state index < -0.39 is 0 Å². The molecule has 0 aliphatic rings. The molecule has 15 heavy (non-hydrogen) atoms. The van der Waals surface area contributed by atoms with E-state index in [0.717, 1.165) is 5.03 Å². The summed E-state index contributed by atoms with van der Waals surface area (Å²) in [6, 6.07) is 3.54. The monoisotopic (exact) mass is 226 g/mol. The van der Waals surface area contributed by atoms with Crippen molar-refractivity contribution in [2.24, 2.45) is 0 Å². The second-order valence-electron chi connectivity index (χ2n) is 2.94. The van der Waals surface area contributed by atoms with E-state index >= 15 is 0 Å². The fourth-order valence-electron chi connectivity index (χ4n) is 0.950. The molecule has 0 aliphatic heterocycles. The Balaban J connectivity index is 2.54. The van der Waals surface area contributed by atoms with E-state index in [4.69, 9.17) is 10.5 Å². The molecule has 2 N–H and O–H groups in total. The van der Waals surface area contributed by atoms with Gasteiger partial charge in [0.25, 0.3) is 0 Å². The third-order valence-electron chi connectivity index (χ3n) is 1.68.